The zero-order chi connectivity index (χ0) is 20.5. The summed E-state index contributed by atoms with van der Waals surface area (Å²) in [5.74, 6) is -1.06. The topological polar surface area (TPSA) is 96.9 Å². The van der Waals surface area contributed by atoms with Gasteiger partial charge >= 0.3 is 0 Å². The lowest BCUT2D eigenvalue weighted by Crippen LogP contribution is -2.57. The average Bonchev–Trinajstić information content (AvgIpc) is 2.69. The van der Waals surface area contributed by atoms with Gasteiger partial charge in [0.1, 0.15) is 5.37 Å². The molecule has 2 aromatic rings. The second kappa shape index (κ2) is 11.1. The number of hydrogen-bond donors (Lipinski definition) is 3. The van der Waals surface area contributed by atoms with Crippen molar-refractivity contribution in [2.45, 2.75) is 30.7 Å². The van der Waals surface area contributed by atoms with Gasteiger partial charge in [-0.25, -0.2) is 0 Å². The largest absolute Gasteiger partial charge is 0.548 e. The van der Waals surface area contributed by atoms with Crippen molar-refractivity contribution in [2.24, 2.45) is 0 Å². The second-order valence-electron chi connectivity index (χ2n) is 6.57. The highest BCUT2D eigenvalue weighted by Gasteiger charge is 2.18. The Kier molecular flexibility index (Phi) is 8.89. The lowest BCUT2D eigenvalue weighted by molar-refractivity contribution is -0.386. The Morgan fingerprint density at radius 2 is 1.89 bits per heavy atom. The fraction of sp³-hybridized carbons (Fsp3) is 0.333. The minimum atomic E-state index is -1.27. The van der Waals surface area contributed by atoms with E-state index in [2.05, 4.69) is 23.7 Å². The maximum Gasteiger partial charge on any atom is 0.252 e. The Bertz CT molecular complexity index is 797. The van der Waals surface area contributed by atoms with Crippen molar-refractivity contribution in [2.75, 3.05) is 12.0 Å². The molecule has 0 fully saturated rings. The molecule has 0 heterocycles. The number of quaternary nitrogens is 1. The number of hydrogen-bond acceptors (Lipinski definition) is 5. The molecule has 0 aliphatic rings. The van der Waals surface area contributed by atoms with Gasteiger partial charge in [0.2, 0.25) is 0 Å². The summed E-state index contributed by atoms with van der Waals surface area (Å²) in [5, 5.41) is 14.0. The van der Waals surface area contributed by atoms with Crippen LogP contribution in [-0.4, -0.2) is 35.3 Å². The van der Waals surface area contributed by atoms with Crippen molar-refractivity contribution in [3.05, 3.63) is 59.7 Å². The molecule has 7 heteroatoms. The molecule has 0 aliphatic heterocycles. The lowest BCUT2D eigenvalue weighted by atomic mass is 9.95. The summed E-state index contributed by atoms with van der Waals surface area (Å²) in [5.41, 5.74) is 7.10. The van der Waals surface area contributed by atoms with E-state index in [1.54, 1.807) is 6.07 Å². The van der Waals surface area contributed by atoms with Crippen molar-refractivity contribution in [1.82, 2.24) is 5.32 Å². The average molecular weight is 419 g/mol. The van der Waals surface area contributed by atoms with E-state index >= 15 is 0 Å². The predicted molar refractivity (Wildman–Crippen MR) is 115 cm³/mol. The minimum absolute atomic E-state index is 0.0448. The van der Waals surface area contributed by atoms with Gasteiger partial charge in [0, 0.05) is 12.0 Å². The molecular weight excluding hydrogens is 392 g/mol. The predicted octanol–water partition coefficient (Wildman–Crippen LogP) is 1.39. The monoisotopic (exact) mass is 418 g/mol. The van der Waals surface area contributed by atoms with Gasteiger partial charge in [0.05, 0.1) is 12.0 Å². The van der Waals surface area contributed by atoms with Crippen molar-refractivity contribution >= 4 is 36.3 Å². The summed E-state index contributed by atoms with van der Waals surface area (Å²) in [7, 11) is 0. The lowest BCUT2D eigenvalue weighted by Gasteiger charge is -2.20. The number of carbonyl (C=O) groups excluding carboxylic acids is 2. The molecule has 4 N–H and O–H groups in total. The third-order valence-corrected chi connectivity index (χ3v) is 5.28. The fourth-order valence-corrected chi connectivity index (χ4v) is 3.46. The first-order valence-corrected chi connectivity index (χ1v) is 11.0. The van der Waals surface area contributed by atoms with Crippen LogP contribution in [0.4, 0.5) is 0 Å². The fourth-order valence-electron chi connectivity index (χ4n) is 2.86. The molecule has 0 bridgehead atoms. The molecule has 5 nitrogen and oxygen atoms in total. The van der Waals surface area contributed by atoms with Crippen LogP contribution in [0.5, 0.6) is 0 Å². The van der Waals surface area contributed by atoms with Gasteiger partial charge in [-0.15, -0.1) is 12.6 Å². The van der Waals surface area contributed by atoms with Gasteiger partial charge in [-0.2, -0.15) is 11.8 Å². The molecule has 0 spiro atoms. The third kappa shape index (κ3) is 6.58. The van der Waals surface area contributed by atoms with E-state index in [1.807, 2.05) is 48.7 Å². The maximum atomic E-state index is 12.9. The van der Waals surface area contributed by atoms with Crippen LogP contribution in [0, 0.1) is 0 Å². The quantitative estimate of drug-likeness (QED) is 0.401. The van der Waals surface area contributed by atoms with Crippen molar-refractivity contribution in [1.29, 1.82) is 0 Å². The Labute approximate surface area is 175 Å². The zero-order valence-electron chi connectivity index (χ0n) is 15.9. The van der Waals surface area contributed by atoms with Crippen LogP contribution in [0.15, 0.2) is 48.5 Å². The third-order valence-electron chi connectivity index (χ3n) is 4.38. The number of carbonyl (C=O) groups is 2. The van der Waals surface area contributed by atoms with Crippen LogP contribution in [0.25, 0.3) is 11.1 Å². The molecule has 1 amide bonds. The van der Waals surface area contributed by atoms with Crippen LogP contribution in [0.2, 0.25) is 0 Å². The van der Waals surface area contributed by atoms with Gasteiger partial charge in [-0.1, -0.05) is 42.5 Å². The minimum Gasteiger partial charge on any atom is -0.548 e. The number of carboxylic acid groups (broad SMARTS) is 1. The highest BCUT2D eigenvalue weighted by atomic mass is 32.2. The maximum absolute atomic E-state index is 12.9. The first-order valence-electron chi connectivity index (χ1n) is 9.12. The highest BCUT2D eigenvalue weighted by molar-refractivity contribution is 7.98. The van der Waals surface area contributed by atoms with Crippen molar-refractivity contribution in [3.63, 3.8) is 0 Å². The smallest absolute Gasteiger partial charge is 0.252 e. The summed E-state index contributed by atoms with van der Waals surface area (Å²) in [6, 6.07) is 14.2. The van der Waals surface area contributed by atoms with Crippen LogP contribution in [-0.2, 0) is 11.2 Å². The van der Waals surface area contributed by atoms with Gasteiger partial charge in [0.15, 0.2) is 0 Å². The van der Waals surface area contributed by atoms with E-state index in [-0.39, 0.29) is 5.37 Å². The molecule has 0 saturated carbocycles. The molecule has 150 valence electrons. The summed E-state index contributed by atoms with van der Waals surface area (Å²) in [6.07, 6.45) is 3.83. The number of benzene rings is 2. The highest BCUT2D eigenvalue weighted by Crippen LogP contribution is 2.26. The van der Waals surface area contributed by atoms with Gasteiger partial charge < -0.3 is 21.0 Å². The van der Waals surface area contributed by atoms with E-state index in [1.165, 1.54) is 11.8 Å². The molecule has 2 atom stereocenters. The Hall–Kier alpha value is -1.96. The number of thioether (sulfide) groups is 1. The number of aliphatic carboxylic acids is 1. The molecule has 0 aromatic heterocycles. The van der Waals surface area contributed by atoms with E-state index in [4.69, 9.17) is 0 Å². The number of rotatable bonds is 10. The van der Waals surface area contributed by atoms with E-state index in [9.17, 15) is 14.7 Å². The first kappa shape index (κ1) is 22.3. The van der Waals surface area contributed by atoms with E-state index in [0.29, 0.717) is 17.7 Å². The first-order chi connectivity index (χ1) is 13.4. The zero-order valence-corrected chi connectivity index (χ0v) is 17.6. The van der Waals surface area contributed by atoms with Gasteiger partial charge in [-0.05, 0) is 47.6 Å². The van der Waals surface area contributed by atoms with Crippen LogP contribution >= 0.6 is 24.4 Å². The molecular formula is C21H26N2O3S2. The standard InChI is InChI=1S/C21H26N2O3S2/c1-28-12-11-18(21(25)26)23-20(24)16-9-7-14(8-10-19(22)27)13-17(16)15-5-3-2-4-6-15/h2-7,9,13,18-19,27H,8,10-12,22H2,1H3,(H,23,24)(H,25,26)/t18-,19-/m0/s1. The van der Waals surface area contributed by atoms with E-state index < -0.39 is 17.9 Å². The van der Waals surface area contributed by atoms with Crippen LogP contribution in [0.1, 0.15) is 28.8 Å². The van der Waals surface area contributed by atoms with Gasteiger partial charge in [-0.3, -0.25) is 4.79 Å². The van der Waals surface area contributed by atoms with Gasteiger partial charge in [0.25, 0.3) is 5.91 Å². The number of thiol groups is 1. The number of amides is 1. The SMILES string of the molecule is CSCC[C@H](NC(=O)c1ccc(CC[C@@H]([NH3+])S)cc1-c1ccccc1)C(=O)[O-]. The van der Waals surface area contributed by atoms with E-state index in [0.717, 1.165) is 29.5 Å². The number of aryl methyl sites for hydroxylation is 1. The number of nitrogens with one attached hydrogen (secondary N) is 1. The summed E-state index contributed by atoms with van der Waals surface area (Å²) < 4.78 is 0. The molecule has 28 heavy (non-hydrogen) atoms. The Morgan fingerprint density at radius 1 is 1.18 bits per heavy atom. The van der Waals surface area contributed by atoms with Crippen LogP contribution < -0.4 is 16.2 Å². The molecule has 0 unspecified atom stereocenters. The molecule has 0 radical (unpaired) electrons. The Morgan fingerprint density at radius 3 is 2.50 bits per heavy atom. The van der Waals surface area contributed by atoms with Crippen molar-refractivity contribution < 1.29 is 20.4 Å². The van der Waals surface area contributed by atoms with Crippen LogP contribution in [0.3, 0.4) is 0 Å². The summed E-state index contributed by atoms with van der Waals surface area (Å²) in [6.45, 7) is 0. The molecule has 2 rings (SSSR count). The number of carboxylic acids is 1. The summed E-state index contributed by atoms with van der Waals surface area (Å²) >= 11 is 5.85. The van der Waals surface area contributed by atoms with Crippen molar-refractivity contribution in [3.8, 4) is 11.1 Å². The molecule has 0 saturated heterocycles. The normalized spacial score (nSPS) is 13.0. The Balaban J connectivity index is 2.33. The second-order valence-corrected chi connectivity index (χ2v) is 8.28. The molecule has 2 aromatic carbocycles. The summed E-state index contributed by atoms with van der Waals surface area (Å²) in [4.78, 5) is 24.2. The molecule has 0 aliphatic carbocycles.